The van der Waals surface area contributed by atoms with E-state index in [1.807, 2.05) is 42.5 Å². The number of carbonyl (C=O) groups is 5. The lowest BCUT2D eigenvalue weighted by atomic mass is 9.78. The van der Waals surface area contributed by atoms with Crippen molar-refractivity contribution < 1.29 is 33.4 Å². The molecule has 1 aromatic heterocycles. The van der Waals surface area contributed by atoms with Gasteiger partial charge in [-0.3, -0.25) is 34.2 Å². The lowest BCUT2D eigenvalue weighted by Gasteiger charge is -2.35. The summed E-state index contributed by atoms with van der Waals surface area (Å²) in [6.07, 6.45) is 3.61. The number of imide groups is 2. The van der Waals surface area contributed by atoms with E-state index >= 15 is 0 Å². The van der Waals surface area contributed by atoms with Crippen molar-refractivity contribution in [1.82, 2.24) is 20.2 Å². The molecule has 4 amide bonds. The number of ether oxygens (including phenoxy) is 2. The molecule has 1 N–H and O–H groups in total. The van der Waals surface area contributed by atoms with Crippen LogP contribution in [0, 0.1) is 5.92 Å². The molecule has 0 radical (unpaired) electrons. The number of Topliss-reactive ketones (excluding diaryl/α,β-unsaturated/α-hetero) is 1. The number of nitrogens with one attached hydrogen (secondary N) is 1. The Labute approximate surface area is 307 Å². The number of amides is 4. The highest BCUT2D eigenvalue weighted by atomic mass is 16.5. The minimum atomic E-state index is -1.00. The summed E-state index contributed by atoms with van der Waals surface area (Å²) in [6.45, 7) is 7.88. The molecule has 272 valence electrons. The van der Waals surface area contributed by atoms with Crippen LogP contribution in [0.25, 0.3) is 0 Å². The molecule has 0 bridgehead atoms. The average Bonchev–Trinajstić information content (AvgIpc) is 3.42. The summed E-state index contributed by atoms with van der Waals surface area (Å²) in [5.74, 6) is -0.375. The second kappa shape index (κ2) is 14.6. The molecule has 2 saturated heterocycles. The molecule has 0 saturated carbocycles. The number of rotatable bonds is 11. The van der Waals surface area contributed by atoms with Crippen LogP contribution in [0.1, 0.15) is 94.6 Å². The van der Waals surface area contributed by atoms with Crippen LogP contribution < -0.4 is 19.7 Å². The molecule has 2 fully saturated rings. The van der Waals surface area contributed by atoms with E-state index in [0.717, 1.165) is 41.2 Å². The van der Waals surface area contributed by atoms with Crippen molar-refractivity contribution in [2.75, 3.05) is 24.6 Å². The maximum absolute atomic E-state index is 13.7. The molecule has 7 rings (SSSR count). The topological polar surface area (TPSA) is 148 Å². The predicted molar refractivity (Wildman–Crippen MR) is 195 cm³/mol. The largest absolute Gasteiger partial charge is 0.493 e. The number of hydrogen-bond acceptors (Lipinski definition) is 10. The van der Waals surface area contributed by atoms with Gasteiger partial charge in [0, 0.05) is 44.0 Å². The van der Waals surface area contributed by atoms with Crippen molar-refractivity contribution in [3.63, 3.8) is 0 Å². The Bertz CT molecular complexity index is 2080. The first-order valence-corrected chi connectivity index (χ1v) is 17.9. The summed E-state index contributed by atoms with van der Waals surface area (Å²) < 4.78 is 12.2. The zero-order valence-corrected chi connectivity index (χ0v) is 30.0. The summed E-state index contributed by atoms with van der Waals surface area (Å²) in [5, 5.41) is 2.25. The third kappa shape index (κ3) is 7.26. The van der Waals surface area contributed by atoms with Crippen LogP contribution >= 0.6 is 0 Å². The number of fused-ring (bicyclic) bond motifs is 1. The Morgan fingerprint density at radius 2 is 1.58 bits per heavy atom. The number of aromatic nitrogens is 2. The van der Waals surface area contributed by atoms with E-state index in [1.165, 1.54) is 6.92 Å². The highest BCUT2D eigenvalue weighted by Gasteiger charge is 2.46. The van der Waals surface area contributed by atoms with E-state index in [1.54, 1.807) is 24.4 Å². The van der Waals surface area contributed by atoms with Gasteiger partial charge in [0.05, 0.1) is 29.1 Å². The average molecular weight is 716 g/mol. The second-order valence-corrected chi connectivity index (χ2v) is 14.3. The van der Waals surface area contributed by atoms with E-state index < -0.39 is 29.7 Å². The van der Waals surface area contributed by atoms with Crippen molar-refractivity contribution in [2.45, 2.75) is 64.5 Å². The maximum atomic E-state index is 13.7. The summed E-state index contributed by atoms with van der Waals surface area (Å²) in [7, 11) is 0. The molecule has 2 unspecified atom stereocenters. The number of benzene rings is 3. The third-order valence-electron chi connectivity index (χ3n) is 10.4. The monoisotopic (exact) mass is 715 g/mol. The van der Waals surface area contributed by atoms with Crippen LogP contribution in [0.2, 0.25) is 0 Å². The molecule has 0 spiro atoms. The standard InChI is InChI=1S/C41H41N5O7/c1-25(47)37-42-20-19-29(43-37)24-53-31-15-11-28(12-16-31)41(2,3)27-9-13-30(14-10-27)52-23-26-6-5-21-45(22-26)33-8-4-7-32-36(33)40(51)46(39(32)50)34-17-18-35(48)44-38(34)49/h4,7-16,19-20,26,34H,5-6,17-18,21-24H2,1-3H3,(H,44,48,49). The SMILES string of the molecule is CC(=O)c1nccc(COc2ccc(C(C)(C)c3ccc(OCC4CCCN(c5cccc6c5C(=O)N(C5CCC(=O)NC5=O)C6=O)C4)cc3)cc2)n1. The number of hydrogen-bond donors (Lipinski definition) is 1. The fourth-order valence-corrected chi connectivity index (χ4v) is 7.30. The minimum Gasteiger partial charge on any atom is -0.493 e. The first kappa shape index (κ1) is 35.5. The third-order valence-corrected chi connectivity index (χ3v) is 10.4. The van der Waals surface area contributed by atoms with Crippen molar-refractivity contribution in [1.29, 1.82) is 0 Å². The zero-order valence-electron chi connectivity index (χ0n) is 30.0. The van der Waals surface area contributed by atoms with E-state index in [-0.39, 0.29) is 48.0 Å². The van der Waals surface area contributed by atoms with Gasteiger partial charge in [0.15, 0.2) is 11.6 Å². The fourth-order valence-electron chi connectivity index (χ4n) is 7.30. The van der Waals surface area contributed by atoms with E-state index in [4.69, 9.17) is 9.47 Å². The van der Waals surface area contributed by atoms with Crippen LogP contribution in [0.5, 0.6) is 11.5 Å². The van der Waals surface area contributed by atoms with Gasteiger partial charge >= 0.3 is 0 Å². The summed E-state index contributed by atoms with van der Waals surface area (Å²) in [4.78, 5) is 74.2. The summed E-state index contributed by atoms with van der Waals surface area (Å²) in [5.41, 5.74) is 3.87. The van der Waals surface area contributed by atoms with Crippen molar-refractivity contribution in [3.8, 4) is 11.5 Å². The molecule has 2 atom stereocenters. The first-order chi connectivity index (χ1) is 25.5. The van der Waals surface area contributed by atoms with Gasteiger partial charge < -0.3 is 14.4 Å². The highest BCUT2D eigenvalue weighted by Crippen LogP contribution is 2.37. The van der Waals surface area contributed by atoms with Gasteiger partial charge in [-0.15, -0.1) is 0 Å². The predicted octanol–water partition coefficient (Wildman–Crippen LogP) is 5.28. The molecule has 12 nitrogen and oxygen atoms in total. The molecule has 3 aliphatic heterocycles. The molecule has 12 heteroatoms. The molecular weight excluding hydrogens is 674 g/mol. The Hall–Kier alpha value is -5.91. The van der Waals surface area contributed by atoms with Gasteiger partial charge in [-0.1, -0.05) is 44.2 Å². The molecule has 0 aliphatic carbocycles. The number of carbonyl (C=O) groups excluding carboxylic acids is 5. The first-order valence-electron chi connectivity index (χ1n) is 17.9. The number of ketones is 1. The van der Waals surface area contributed by atoms with Gasteiger partial charge in [-0.05, 0) is 72.9 Å². The van der Waals surface area contributed by atoms with Crippen LogP contribution in [-0.4, -0.2) is 70.0 Å². The molecule has 53 heavy (non-hydrogen) atoms. The Balaban J connectivity index is 0.954. The van der Waals surface area contributed by atoms with Gasteiger partial charge in [-0.2, -0.15) is 0 Å². The second-order valence-electron chi connectivity index (χ2n) is 14.3. The van der Waals surface area contributed by atoms with Crippen molar-refractivity contribution >= 4 is 35.1 Å². The van der Waals surface area contributed by atoms with Crippen LogP contribution in [0.15, 0.2) is 79.0 Å². The maximum Gasteiger partial charge on any atom is 0.264 e. The Kier molecular flexibility index (Phi) is 9.78. The number of nitrogens with zero attached hydrogens (tertiary/aromatic N) is 4. The van der Waals surface area contributed by atoms with E-state index in [9.17, 15) is 24.0 Å². The van der Waals surface area contributed by atoms with Crippen LogP contribution in [-0.2, 0) is 21.6 Å². The van der Waals surface area contributed by atoms with Gasteiger partial charge in [-0.25, -0.2) is 9.97 Å². The molecule has 3 aromatic carbocycles. The van der Waals surface area contributed by atoms with Crippen molar-refractivity contribution in [2.24, 2.45) is 5.92 Å². The Morgan fingerprint density at radius 3 is 2.26 bits per heavy atom. The Morgan fingerprint density at radius 1 is 0.887 bits per heavy atom. The quantitative estimate of drug-likeness (QED) is 0.161. The van der Waals surface area contributed by atoms with Crippen molar-refractivity contribution in [3.05, 3.63) is 113 Å². The van der Waals surface area contributed by atoms with Gasteiger partial charge in [0.2, 0.25) is 11.8 Å². The minimum absolute atomic E-state index is 0.0774. The van der Waals surface area contributed by atoms with E-state index in [0.29, 0.717) is 35.8 Å². The molecular formula is C41H41N5O7. The van der Waals surface area contributed by atoms with E-state index in [2.05, 4.69) is 46.2 Å². The number of anilines is 1. The summed E-state index contributed by atoms with van der Waals surface area (Å²) in [6, 6.07) is 22.1. The number of piperidine rings is 2. The lowest BCUT2D eigenvalue weighted by molar-refractivity contribution is -0.136. The molecule has 4 heterocycles. The summed E-state index contributed by atoms with van der Waals surface area (Å²) >= 11 is 0. The zero-order chi connectivity index (χ0) is 37.3. The van der Waals surface area contributed by atoms with Crippen LogP contribution in [0.3, 0.4) is 0 Å². The lowest BCUT2D eigenvalue weighted by Crippen LogP contribution is -2.54. The fraction of sp³-hybridized carbons (Fsp3) is 0.341. The van der Waals surface area contributed by atoms with Gasteiger partial charge in [0.25, 0.3) is 11.8 Å². The molecule has 3 aliphatic rings. The van der Waals surface area contributed by atoms with Crippen LogP contribution in [0.4, 0.5) is 5.69 Å². The molecule has 4 aromatic rings. The van der Waals surface area contributed by atoms with Gasteiger partial charge in [0.1, 0.15) is 24.1 Å². The smallest absolute Gasteiger partial charge is 0.264 e. The normalized spacial score (nSPS) is 18.8. The highest BCUT2D eigenvalue weighted by molar-refractivity contribution is 6.25.